The number of nitrogens with one attached hydrogen (secondary N) is 2. The minimum Gasteiger partial charge on any atom is -0.382 e. The van der Waals surface area contributed by atoms with Crippen LogP contribution in [-0.2, 0) is 0 Å². The number of nitrogen functional groups attached to an aromatic ring is 1. The summed E-state index contributed by atoms with van der Waals surface area (Å²) in [6.45, 7) is 0. The van der Waals surface area contributed by atoms with Crippen LogP contribution in [-0.4, -0.2) is 16.2 Å². The maximum absolute atomic E-state index is 5.54. The summed E-state index contributed by atoms with van der Waals surface area (Å²) in [6, 6.07) is 0.639. The van der Waals surface area contributed by atoms with Crippen molar-refractivity contribution in [3.63, 3.8) is 0 Å². The van der Waals surface area contributed by atoms with E-state index in [0.717, 1.165) is 5.69 Å². The first kappa shape index (κ1) is 5.58. The smallest absolute Gasteiger partial charge is 0.142 e. The zero-order chi connectivity index (χ0) is 6.97. The molecule has 1 aliphatic carbocycles. The molecule has 54 valence electrons. The summed E-state index contributed by atoms with van der Waals surface area (Å²) in [6.07, 6.45) is 4.23. The lowest BCUT2D eigenvalue weighted by atomic mass is 10.5. The lowest BCUT2D eigenvalue weighted by Gasteiger charge is -1.99. The van der Waals surface area contributed by atoms with Gasteiger partial charge in [-0.15, -0.1) is 0 Å². The molecule has 0 spiro atoms. The SMILES string of the molecule is Nc1[nH]ncc1NC1CC1. The zero-order valence-electron chi connectivity index (χ0n) is 5.59. The van der Waals surface area contributed by atoms with Crippen molar-refractivity contribution in [2.24, 2.45) is 0 Å². The Morgan fingerprint density at radius 3 is 3.00 bits per heavy atom. The predicted molar refractivity (Wildman–Crippen MR) is 39.6 cm³/mol. The number of H-pyrrole nitrogens is 1. The molecule has 0 unspecified atom stereocenters. The second-order valence-electron chi connectivity index (χ2n) is 2.62. The summed E-state index contributed by atoms with van der Waals surface area (Å²) in [5.74, 6) is 0.631. The molecule has 0 radical (unpaired) electrons. The van der Waals surface area contributed by atoms with Gasteiger partial charge in [0, 0.05) is 6.04 Å². The maximum atomic E-state index is 5.54. The molecule has 4 nitrogen and oxygen atoms in total. The molecule has 0 atom stereocenters. The minimum absolute atomic E-state index is 0.631. The summed E-state index contributed by atoms with van der Waals surface area (Å²) >= 11 is 0. The van der Waals surface area contributed by atoms with E-state index in [1.165, 1.54) is 12.8 Å². The van der Waals surface area contributed by atoms with E-state index in [4.69, 9.17) is 5.73 Å². The summed E-state index contributed by atoms with van der Waals surface area (Å²) in [7, 11) is 0. The van der Waals surface area contributed by atoms with Crippen molar-refractivity contribution in [2.75, 3.05) is 11.1 Å². The molecule has 1 fully saturated rings. The standard InChI is InChI=1S/C6H10N4/c7-6-5(3-8-10-6)9-4-1-2-4/h3-4,9H,1-2H2,(H3,7,8,10). The zero-order valence-corrected chi connectivity index (χ0v) is 5.59. The molecule has 10 heavy (non-hydrogen) atoms. The van der Waals surface area contributed by atoms with Crippen LogP contribution in [0.1, 0.15) is 12.8 Å². The third-order valence-electron chi connectivity index (χ3n) is 1.61. The topological polar surface area (TPSA) is 66.7 Å². The number of nitrogens with zero attached hydrogens (tertiary/aromatic N) is 1. The molecular weight excluding hydrogens is 128 g/mol. The number of rotatable bonds is 2. The van der Waals surface area contributed by atoms with E-state index in [0.29, 0.717) is 11.9 Å². The van der Waals surface area contributed by atoms with E-state index in [1.807, 2.05) is 0 Å². The van der Waals surface area contributed by atoms with Gasteiger partial charge in [0.1, 0.15) is 5.82 Å². The van der Waals surface area contributed by atoms with Gasteiger partial charge >= 0.3 is 0 Å². The Balaban J connectivity index is 2.08. The first-order valence-corrected chi connectivity index (χ1v) is 3.41. The molecule has 0 aromatic carbocycles. The molecule has 0 aliphatic heterocycles. The fourth-order valence-corrected chi connectivity index (χ4v) is 0.859. The van der Waals surface area contributed by atoms with E-state index >= 15 is 0 Å². The molecule has 1 aromatic heterocycles. The Labute approximate surface area is 58.8 Å². The Hall–Kier alpha value is -1.19. The molecule has 0 saturated heterocycles. The van der Waals surface area contributed by atoms with Crippen molar-refractivity contribution >= 4 is 11.5 Å². The number of aromatic amines is 1. The third kappa shape index (κ3) is 0.920. The molecule has 0 amide bonds. The fraction of sp³-hybridized carbons (Fsp3) is 0.500. The second kappa shape index (κ2) is 1.90. The molecule has 1 heterocycles. The van der Waals surface area contributed by atoms with Crippen LogP contribution in [0.5, 0.6) is 0 Å². The van der Waals surface area contributed by atoms with Gasteiger partial charge in [-0.2, -0.15) is 5.10 Å². The van der Waals surface area contributed by atoms with Crippen molar-refractivity contribution in [3.8, 4) is 0 Å². The molecule has 4 N–H and O–H groups in total. The molecular formula is C6H10N4. The lowest BCUT2D eigenvalue weighted by Crippen LogP contribution is -2.01. The summed E-state index contributed by atoms with van der Waals surface area (Å²) in [5, 5.41) is 9.70. The van der Waals surface area contributed by atoms with Crippen LogP contribution < -0.4 is 11.1 Å². The summed E-state index contributed by atoms with van der Waals surface area (Å²) in [4.78, 5) is 0. The normalized spacial score (nSPS) is 17.2. The molecule has 2 rings (SSSR count). The van der Waals surface area contributed by atoms with Crippen molar-refractivity contribution in [3.05, 3.63) is 6.20 Å². The predicted octanol–water partition coefficient (Wildman–Crippen LogP) is 0.566. The van der Waals surface area contributed by atoms with Gasteiger partial charge < -0.3 is 11.1 Å². The van der Waals surface area contributed by atoms with Crippen molar-refractivity contribution < 1.29 is 0 Å². The highest BCUT2D eigenvalue weighted by molar-refractivity contribution is 5.60. The number of nitrogens with two attached hydrogens (primary N) is 1. The molecule has 0 bridgehead atoms. The fourth-order valence-electron chi connectivity index (χ4n) is 0.859. The third-order valence-corrected chi connectivity index (χ3v) is 1.61. The van der Waals surface area contributed by atoms with Crippen molar-refractivity contribution in [1.29, 1.82) is 0 Å². The first-order valence-electron chi connectivity index (χ1n) is 3.41. The highest BCUT2D eigenvalue weighted by Gasteiger charge is 2.21. The second-order valence-corrected chi connectivity index (χ2v) is 2.62. The molecule has 1 aliphatic rings. The average molecular weight is 138 g/mol. The van der Waals surface area contributed by atoms with E-state index in [-0.39, 0.29) is 0 Å². The highest BCUT2D eigenvalue weighted by atomic mass is 15.2. The number of anilines is 2. The largest absolute Gasteiger partial charge is 0.382 e. The quantitative estimate of drug-likeness (QED) is 0.559. The summed E-state index contributed by atoms with van der Waals surface area (Å²) < 4.78 is 0. The Kier molecular flexibility index (Phi) is 1.06. The van der Waals surface area contributed by atoms with Crippen LogP contribution in [0.3, 0.4) is 0 Å². The highest BCUT2D eigenvalue weighted by Crippen LogP contribution is 2.26. The maximum Gasteiger partial charge on any atom is 0.142 e. The minimum atomic E-state index is 0.631. The van der Waals surface area contributed by atoms with Crippen LogP contribution in [0.2, 0.25) is 0 Å². The monoisotopic (exact) mass is 138 g/mol. The Morgan fingerprint density at radius 1 is 1.70 bits per heavy atom. The first-order chi connectivity index (χ1) is 4.86. The van der Waals surface area contributed by atoms with Gasteiger partial charge in [-0.1, -0.05) is 0 Å². The van der Waals surface area contributed by atoms with Gasteiger partial charge in [-0.25, -0.2) is 0 Å². The van der Waals surface area contributed by atoms with Crippen LogP contribution >= 0.6 is 0 Å². The number of aromatic nitrogens is 2. The Bertz CT molecular complexity index is 225. The summed E-state index contributed by atoms with van der Waals surface area (Å²) in [5.41, 5.74) is 6.47. The average Bonchev–Trinajstić information content (AvgIpc) is 2.62. The van der Waals surface area contributed by atoms with Gasteiger partial charge in [0.25, 0.3) is 0 Å². The Morgan fingerprint density at radius 2 is 2.50 bits per heavy atom. The van der Waals surface area contributed by atoms with Crippen LogP contribution in [0.25, 0.3) is 0 Å². The van der Waals surface area contributed by atoms with E-state index in [2.05, 4.69) is 15.5 Å². The van der Waals surface area contributed by atoms with Gasteiger partial charge in [0.05, 0.1) is 11.9 Å². The van der Waals surface area contributed by atoms with Crippen molar-refractivity contribution in [1.82, 2.24) is 10.2 Å². The van der Waals surface area contributed by atoms with E-state index in [9.17, 15) is 0 Å². The number of hydrogen-bond acceptors (Lipinski definition) is 3. The van der Waals surface area contributed by atoms with Crippen molar-refractivity contribution in [2.45, 2.75) is 18.9 Å². The van der Waals surface area contributed by atoms with Gasteiger partial charge in [-0.05, 0) is 12.8 Å². The van der Waals surface area contributed by atoms with Crippen LogP contribution in [0, 0.1) is 0 Å². The van der Waals surface area contributed by atoms with Gasteiger partial charge in [0.15, 0.2) is 0 Å². The number of hydrogen-bond donors (Lipinski definition) is 3. The lowest BCUT2D eigenvalue weighted by molar-refractivity contribution is 1.10. The van der Waals surface area contributed by atoms with E-state index in [1.54, 1.807) is 6.20 Å². The van der Waals surface area contributed by atoms with Crippen LogP contribution in [0.4, 0.5) is 11.5 Å². The van der Waals surface area contributed by atoms with Gasteiger partial charge in [-0.3, -0.25) is 5.10 Å². The molecule has 1 saturated carbocycles. The van der Waals surface area contributed by atoms with Gasteiger partial charge in [0.2, 0.25) is 0 Å². The molecule has 1 aromatic rings. The molecule has 4 heteroatoms. The van der Waals surface area contributed by atoms with Crippen LogP contribution in [0.15, 0.2) is 6.20 Å². The van der Waals surface area contributed by atoms with E-state index < -0.39 is 0 Å².